The molecule has 0 atom stereocenters. The van der Waals surface area contributed by atoms with Crippen molar-refractivity contribution in [3.8, 4) is 0 Å². The molecule has 0 aromatic heterocycles. The summed E-state index contributed by atoms with van der Waals surface area (Å²) in [4.78, 5) is 40.6. The molecular formula is C26H25FN4O4. The zero-order chi connectivity index (χ0) is 24.8. The van der Waals surface area contributed by atoms with Gasteiger partial charge in [-0.2, -0.15) is 0 Å². The molecule has 35 heavy (non-hydrogen) atoms. The third kappa shape index (κ3) is 6.21. The normalized spacial score (nSPS) is 13.8. The van der Waals surface area contributed by atoms with Gasteiger partial charge in [-0.1, -0.05) is 18.2 Å². The van der Waals surface area contributed by atoms with Crippen molar-refractivity contribution in [3.05, 3.63) is 89.7 Å². The predicted molar refractivity (Wildman–Crippen MR) is 131 cm³/mol. The van der Waals surface area contributed by atoms with E-state index in [4.69, 9.17) is 0 Å². The van der Waals surface area contributed by atoms with E-state index in [9.17, 15) is 23.9 Å². The van der Waals surface area contributed by atoms with Gasteiger partial charge in [-0.05, 0) is 54.6 Å². The van der Waals surface area contributed by atoms with E-state index in [0.29, 0.717) is 48.8 Å². The molecule has 0 saturated carbocycles. The summed E-state index contributed by atoms with van der Waals surface area (Å²) in [5.41, 5.74) is 2.06. The second kappa shape index (κ2) is 10.8. The van der Waals surface area contributed by atoms with Crippen molar-refractivity contribution in [3.63, 3.8) is 0 Å². The topological polar surface area (TPSA) is 102 Å². The maximum atomic E-state index is 13.0. The fourth-order valence-electron chi connectivity index (χ4n) is 3.94. The molecule has 180 valence electrons. The summed E-state index contributed by atoms with van der Waals surface area (Å²) in [7, 11) is 0. The molecule has 1 saturated heterocycles. The van der Waals surface area contributed by atoms with Crippen LogP contribution in [0.15, 0.2) is 72.8 Å². The molecule has 3 N–H and O–H groups in total. The first kappa shape index (κ1) is 23.9. The fourth-order valence-corrected chi connectivity index (χ4v) is 3.94. The number of hydrogen-bond donors (Lipinski definition) is 3. The minimum absolute atomic E-state index is 0.0957. The van der Waals surface area contributed by atoms with E-state index >= 15 is 0 Å². The molecule has 3 aromatic carbocycles. The van der Waals surface area contributed by atoms with E-state index in [-0.39, 0.29) is 29.7 Å². The minimum atomic E-state index is -1.09. The first-order valence-corrected chi connectivity index (χ1v) is 11.2. The number of amides is 2. The van der Waals surface area contributed by atoms with Crippen molar-refractivity contribution < 1.29 is 23.9 Å². The Morgan fingerprint density at radius 1 is 0.829 bits per heavy atom. The van der Waals surface area contributed by atoms with Crippen LogP contribution in [-0.2, 0) is 4.79 Å². The number of nitrogens with one attached hydrogen (secondary N) is 2. The van der Waals surface area contributed by atoms with Crippen LogP contribution in [0.4, 0.5) is 21.5 Å². The molecule has 1 heterocycles. The summed E-state index contributed by atoms with van der Waals surface area (Å²) >= 11 is 0. The number of piperazine rings is 1. The van der Waals surface area contributed by atoms with Gasteiger partial charge in [-0.3, -0.25) is 14.5 Å². The van der Waals surface area contributed by atoms with Gasteiger partial charge in [0.2, 0.25) is 5.91 Å². The zero-order valence-corrected chi connectivity index (χ0v) is 18.9. The van der Waals surface area contributed by atoms with Gasteiger partial charge < -0.3 is 20.6 Å². The molecule has 2 amide bonds. The number of carboxylic acids is 1. The number of aromatic carboxylic acids is 1. The van der Waals surface area contributed by atoms with Crippen molar-refractivity contribution in [1.82, 2.24) is 4.90 Å². The van der Waals surface area contributed by atoms with Crippen LogP contribution in [0.1, 0.15) is 20.7 Å². The Morgan fingerprint density at radius 2 is 1.49 bits per heavy atom. The van der Waals surface area contributed by atoms with Crippen LogP contribution in [0.25, 0.3) is 0 Å². The minimum Gasteiger partial charge on any atom is -0.478 e. The summed E-state index contributed by atoms with van der Waals surface area (Å²) in [6, 6.07) is 19.1. The first-order chi connectivity index (χ1) is 16.9. The lowest BCUT2D eigenvalue weighted by Gasteiger charge is -2.36. The van der Waals surface area contributed by atoms with E-state index in [0.717, 1.165) is 0 Å². The summed E-state index contributed by atoms with van der Waals surface area (Å²) in [5.74, 6) is -1.97. The second-order valence-corrected chi connectivity index (χ2v) is 8.18. The van der Waals surface area contributed by atoms with Crippen LogP contribution in [0.5, 0.6) is 0 Å². The highest BCUT2D eigenvalue weighted by Crippen LogP contribution is 2.26. The summed E-state index contributed by atoms with van der Waals surface area (Å²) in [6.07, 6.45) is 0. The molecular weight excluding hydrogens is 451 g/mol. The van der Waals surface area contributed by atoms with Crippen molar-refractivity contribution >= 4 is 34.8 Å². The Morgan fingerprint density at radius 3 is 2.14 bits per heavy atom. The lowest BCUT2D eigenvalue weighted by atomic mass is 10.1. The van der Waals surface area contributed by atoms with Gasteiger partial charge in [0, 0.05) is 43.1 Å². The Kier molecular flexibility index (Phi) is 7.37. The largest absolute Gasteiger partial charge is 0.478 e. The molecule has 1 aliphatic rings. The number of anilines is 3. The monoisotopic (exact) mass is 476 g/mol. The molecule has 8 nitrogen and oxygen atoms in total. The molecule has 3 aromatic rings. The maximum Gasteiger partial charge on any atom is 0.337 e. The number of hydrogen-bond acceptors (Lipinski definition) is 5. The Bertz CT molecular complexity index is 1210. The highest BCUT2D eigenvalue weighted by molar-refractivity contribution is 6.05. The molecule has 1 aliphatic heterocycles. The molecule has 0 bridgehead atoms. The Labute approximate surface area is 202 Å². The lowest BCUT2D eigenvalue weighted by Crippen LogP contribution is -2.49. The van der Waals surface area contributed by atoms with Gasteiger partial charge in [0.1, 0.15) is 5.82 Å². The van der Waals surface area contributed by atoms with E-state index in [1.54, 1.807) is 36.4 Å². The predicted octanol–water partition coefficient (Wildman–Crippen LogP) is 3.54. The smallest absolute Gasteiger partial charge is 0.337 e. The molecule has 0 radical (unpaired) electrons. The third-order valence-corrected chi connectivity index (χ3v) is 5.73. The molecule has 1 fully saturated rings. The van der Waals surface area contributed by atoms with Crippen LogP contribution < -0.4 is 15.5 Å². The van der Waals surface area contributed by atoms with Crippen LogP contribution in [-0.4, -0.2) is 60.5 Å². The van der Waals surface area contributed by atoms with Crippen LogP contribution in [0.3, 0.4) is 0 Å². The molecule has 0 spiro atoms. The second-order valence-electron chi connectivity index (χ2n) is 8.18. The van der Waals surface area contributed by atoms with E-state index < -0.39 is 5.97 Å². The van der Waals surface area contributed by atoms with Gasteiger partial charge in [0.25, 0.3) is 5.91 Å². The van der Waals surface area contributed by atoms with Crippen molar-refractivity contribution in [2.45, 2.75) is 0 Å². The van der Waals surface area contributed by atoms with Gasteiger partial charge in [0.05, 0.1) is 17.8 Å². The summed E-state index contributed by atoms with van der Waals surface area (Å²) in [6.45, 7) is 2.41. The van der Waals surface area contributed by atoms with E-state index in [1.165, 1.54) is 30.3 Å². The SMILES string of the molecule is O=C(CN1CCN(c2ccc(NC(=O)c3ccccc3)cc2C(=O)O)CC1)Nc1ccc(F)cc1. The number of rotatable bonds is 7. The third-order valence-electron chi connectivity index (χ3n) is 5.73. The van der Waals surface area contributed by atoms with Crippen molar-refractivity contribution in [1.29, 1.82) is 0 Å². The quantitative estimate of drug-likeness (QED) is 0.482. The Balaban J connectivity index is 1.36. The number of halogens is 1. The molecule has 4 rings (SSSR count). The van der Waals surface area contributed by atoms with Gasteiger partial charge in [-0.15, -0.1) is 0 Å². The highest BCUT2D eigenvalue weighted by atomic mass is 19.1. The number of benzene rings is 3. The standard InChI is InChI=1S/C26H25FN4O4/c27-19-6-8-20(9-7-19)28-24(32)17-30-12-14-31(15-13-30)23-11-10-21(16-22(23)26(34)35)29-25(33)18-4-2-1-3-5-18/h1-11,16H,12-15,17H2,(H,28,32)(H,29,33)(H,34,35). The lowest BCUT2D eigenvalue weighted by molar-refractivity contribution is -0.117. The maximum absolute atomic E-state index is 13.0. The number of nitrogens with zero attached hydrogens (tertiary/aromatic N) is 2. The molecule has 0 unspecified atom stereocenters. The average Bonchev–Trinajstić information content (AvgIpc) is 2.86. The summed E-state index contributed by atoms with van der Waals surface area (Å²) in [5, 5.41) is 15.3. The van der Waals surface area contributed by atoms with E-state index in [1.807, 2.05) is 15.9 Å². The van der Waals surface area contributed by atoms with Crippen molar-refractivity contribution in [2.24, 2.45) is 0 Å². The van der Waals surface area contributed by atoms with Crippen LogP contribution in [0, 0.1) is 5.82 Å². The van der Waals surface area contributed by atoms with Crippen molar-refractivity contribution in [2.75, 3.05) is 48.3 Å². The molecule has 9 heteroatoms. The van der Waals surface area contributed by atoms with E-state index in [2.05, 4.69) is 10.6 Å². The van der Waals surface area contributed by atoms with Crippen LogP contribution >= 0.6 is 0 Å². The van der Waals surface area contributed by atoms with Gasteiger partial charge in [-0.25, -0.2) is 9.18 Å². The average molecular weight is 477 g/mol. The highest BCUT2D eigenvalue weighted by Gasteiger charge is 2.23. The number of carbonyl (C=O) groups excluding carboxylic acids is 2. The number of carboxylic acid groups (broad SMARTS) is 1. The first-order valence-electron chi connectivity index (χ1n) is 11.2. The van der Waals surface area contributed by atoms with Crippen LogP contribution in [0.2, 0.25) is 0 Å². The fraction of sp³-hybridized carbons (Fsp3) is 0.192. The summed E-state index contributed by atoms with van der Waals surface area (Å²) < 4.78 is 13.0. The van der Waals surface area contributed by atoms with Gasteiger partial charge in [0.15, 0.2) is 0 Å². The van der Waals surface area contributed by atoms with Gasteiger partial charge >= 0.3 is 5.97 Å². The molecule has 0 aliphatic carbocycles. The Hall–Kier alpha value is -4.24. The number of carbonyl (C=O) groups is 3. The zero-order valence-electron chi connectivity index (χ0n) is 18.9.